The van der Waals surface area contributed by atoms with Gasteiger partial charge in [0.1, 0.15) is 5.54 Å². The third-order valence-electron chi connectivity index (χ3n) is 6.02. The highest BCUT2D eigenvalue weighted by molar-refractivity contribution is 6.05. The molecule has 0 unspecified atom stereocenters. The van der Waals surface area contributed by atoms with E-state index >= 15 is 0 Å². The highest BCUT2D eigenvalue weighted by atomic mass is 16.5. The van der Waals surface area contributed by atoms with Gasteiger partial charge in [0.15, 0.2) is 5.82 Å². The minimum Gasteiger partial charge on any atom is -0.465 e. The van der Waals surface area contributed by atoms with E-state index in [-0.39, 0.29) is 5.91 Å². The minimum absolute atomic E-state index is 0.0701. The number of aromatic nitrogens is 4. The number of benzene rings is 2. The Morgan fingerprint density at radius 1 is 1.06 bits per heavy atom. The molecule has 2 aliphatic rings. The molecule has 158 valence electrons. The van der Waals surface area contributed by atoms with Gasteiger partial charge in [-0.2, -0.15) is 0 Å². The van der Waals surface area contributed by atoms with Crippen LogP contribution in [0.4, 0.5) is 0 Å². The largest absolute Gasteiger partial charge is 0.465 e. The predicted octanol–water partition coefficient (Wildman–Crippen LogP) is 3.58. The van der Waals surface area contributed by atoms with Crippen molar-refractivity contribution in [1.82, 2.24) is 25.5 Å². The number of amidine groups is 1. The lowest BCUT2D eigenvalue weighted by atomic mass is 9.97. The molecule has 0 radical (unpaired) electrons. The third kappa shape index (κ3) is 3.48. The molecule has 5 rings (SSSR count). The van der Waals surface area contributed by atoms with Crippen LogP contribution in [0.5, 0.6) is 0 Å². The van der Waals surface area contributed by atoms with Crippen molar-refractivity contribution in [1.29, 1.82) is 0 Å². The number of nitrogens with zero attached hydrogens (tertiary/aromatic N) is 5. The summed E-state index contributed by atoms with van der Waals surface area (Å²) < 4.78 is 5.73. The molecule has 1 saturated carbocycles. The lowest BCUT2D eigenvalue weighted by molar-refractivity contribution is -0.131. The highest BCUT2D eigenvalue weighted by Crippen LogP contribution is 2.39. The molecule has 3 aromatic rings. The molecule has 2 heterocycles. The molecule has 0 bridgehead atoms. The van der Waals surface area contributed by atoms with Crippen molar-refractivity contribution in [2.24, 2.45) is 4.99 Å². The second-order valence-corrected chi connectivity index (χ2v) is 7.95. The first-order valence-electron chi connectivity index (χ1n) is 10.7. The summed E-state index contributed by atoms with van der Waals surface area (Å²) in [4.78, 5) is 19.6. The van der Waals surface area contributed by atoms with Crippen LogP contribution in [-0.2, 0) is 16.1 Å². The third-order valence-corrected chi connectivity index (χ3v) is 6.02. The second-order valence-electron chi connectivity index (χ2n) is 7.95. The number of aliphatic imine (C=N–C) groups is 1. The van der Waals surface area contributed by atoms with Crippen LogP contribution in [0.1, 0.15) is 38.2 Å². The number of rotatable bonds is 5. The predicted molar refractivity (Wildman–Crippen MR) is 116 cm³/mol. The molecule has 2 aromatic carbocycles. The minimum atomic E-state index is -0.603. The van der Waals surface area contributed by atoms with Crippen LogP contribution in [0.15, 0.2) is 53.5 Å². The number of amides is 1. The quantitative estimate of drug-likeness (QED) is 0.686. The molecule has 1 N–H and O–H groups in total. The van der Waals surface area contributed by atoms with Crippen LogP contribution >= 0.6 is 0 Å². The van der Waals surface area contributed by atoms with Gasteiger partial charge in [0, 0.05) is 5.56 Å². The Kier molecular flexibility index (Phi) is 4.97. The van der Waals surface area contributed by atoms with Crippen molar-refractivity contribution < 1.29 is 9.53 Å². The van der Waals surface area contributed by atoms with Crippen LogP contribution < -0.4 is 0 Å². The van der Waals surface area contributed by atoms with Gasteiger partial charge >= 0.3 is 0 Å². The van der Waals surface area contributed by atoms with Crippen molar-refractivity contribution in [2.75, 3.05) is 6.61 Å². The fourth-order valence-electron chi connectivity index (χ4n) is 4.48. The van der Waals surface area contributed by atoms with Gasteiger partial charge in [0.2, 0.25) is 0 Å². The Balaban J connectivity index is 1.39. The van der Waals surface area contributed by atoms with Crippen molar-refractivity contribution in [2.45, 2.75) is 44.7 Å². The molecule has 1 spiro atoms. The summed E-state index contributed by atoms with van der Waals surface area (Å²) in [5.41, 5.74) is 3.44. The van der Waals surface area contributed by atoms with Gasteiger partial charge in [0.05, 0.1) is 13.2 Å². The van der Waals surface area contributed by atoms with Crippen molar-refractivity contribution in [3.8, 4) is 22.5 Å². The van der Waals surface area contributed by atoms with E-state index in [0.29, 0.717) is 25.0 Å². The standard InChI is InChI=1S/C23H24N6O2/c1-2-31-22-24-23(13-5-6-14-23)21(30)29(22)15-16-9-11-17(12-10-16)18-7-3-4-8-19(18)20-25-27-28-26-20/h3-4,7-12H,2,5-6,13-15H2,1H3,(H,25,26,27,28). The fourth-order valence-corrected chi connectivity index (χ4v) is 4.48. The lowest BCUT2D eigenvalue weighted by Gasteiger charge is -2.22. The lowest BCUT2D eigenvalue weighted by Crippen LogP contribution is -2.41. The van der Waals surface area contributed by atoms with Crippen LogP contribution in [0.3, 0.4) is 0 Å². The van der Waals surface area contributed by atoms with E-state index in [4.69, 9.17) is 9.73 Å². The number of nitrogens with one attached hydrogen (secondary N) is 1. The molecule has 1 fully saturated rings. The van der Waals surface area contributed by atoms with Gasteiger partial charge in [-0.05, 0) is 46.9 Å². The summed E-state index contributed by atoms with van der Waals surface area (Å²) in [5.74, 6) is 0.697. The van der Waals surface area contributed by atoms with Gasteiger partial charge < -0.3 is 4.74 Å². The van der Waals surface area contributed by atoms with E-state index in [1.165, 1.54) is 0 Å². The molecule has 8 heteroatoms. The summed E-state index contributed by atoms with van der Waals surface area (Å²) in [6.07, 6.45) is 3.70. The number of H-pyrrole nitrogens is 1. The van der Waals surface area contributed by atoms with E-state index in [1.54, 1.807) is 4.90 Å². The van der Waals surface area contributed by atoms with Gasteiger partial charge in [-0.1, -0.05) is 61.4 Å². The van der Waals surface area contributed by atoms with E-state index in [0.717, 1.165) is 47.9 Å². The topological polar surface area (TPSA) is 96.4 Å². The second kappa shape index (κ2) is 7.94. The number of carbonyl (C=O) groups is 1. The molecular weight excluding hydrogens is 392 g/mol. The van der Waals surface area contributed by atoms with Crippen LogP contribution in [0.2, 0.25) is 0 Å². The molecule has 8 nitrogen and oxygen atoms in total. The highest BCUT2D eigenvalue weighted by Gasteiger charge is 2.50. The molecular formula is C23H24N6O2. The molecule has 0 saturated heterocycles. The van der Waals surface area contributed by atoms with Crippen LogP contribution in [0, 0.1) is 0 Å². The van der Waals surface area contributed by atoms with E-state index in [2.05, 4.69) is 32.8 Å². The van der Waals surface area contributed by atoms with Gasteiger partial charge in [-0.25, -0.2) is 10.1 Å². The van der Waals surface area contributed by atoms with Crippen molar-refractivity contribution in [3.63, 3.8) is 0 Å². The van der Waals surface area contributed by atoms with Crippen LogP contribution in [0.25, 0.3) is 22.5 Å². The Bertz CT molecular complexity index is 1100. The van der Waals surface area contributed by atoms with Gasteiger partial charge in [-0.3, -0.25) is 9.69 Å². The average Bonchev–Trinajstić information content (AvgIpc) is 3.54. The zero-order chi connectivity index (χ0) is 21.3. The van der Waals surface area contributed by atoms with Gasteiger partial charge in [-0.15, -0.1) is 5.10 Å². The van der Waals surface area contributed by atoms with E-state index in [1.807, 2.05) is 43.3 Å². The molecule has 1 aliphatic carbocycles. The zero-order valence-corrected chi connectivity index (χ0v) is 17.4. The first kappa shape index (κ1) is 19.4. The molecule has 1 aromatic heterocycles. The maximum Gasteiger partial charge on any atom is 0.295 e. The summed E-state index contributed by atoms with van der Waals surface area (Å²) >= 11 is 0. The monoisotopic (exact) mass is 416 g/mol. The Morgan fingerprint density at radius 2 is 1.81 bits per heavy atom. The number of hydrogen-bond donors (Lipinski definition) is 1. The first-order valence-corrected chi connectivity index (χ1v) is 10.7. The SMILES string of the molecule is CCOC1=NC2(CCCC2)C(=O)N1Cc1ccc(-c2ccccc2-c2nnn[nH]2)cc1. The Hall–Kier alpha value is -3.55. The summed E-state index contributed by atoms with van der Waals surface area (Å²) in [6, 6.07) is 16.6. The first-order chi connectivity index (χ1) is 15.2. The normalized spacial score (nSPS) is 17.4. The number of tetrazole rings is 1. The number of hydrogen-bond acceptors (Lipinski definition) is 6. The van der Waals surface area contributed by atoms with Crippen molar-refractivity contribution >= 4 is 11.9 Å². The van der Waals surface area contributed by atoms with Crippen LogP contribution in [-0.4, -0.2) is 49.6 Å². The van der Waals surface area contributed by atoms with Gasteiger partial charge in [0.25, 0.3) is 11.9 Å². The summed E-state index contributed by atoms with van der Waals surface area (Å²) in [5, 5.41) is 14.2. The zero-order valence-electron chi connectivity index (χ0n) is 17.4. The van der Waals surface area contributed by atoms with E-state index in [9.17, 15) is 4.79 Å². The smallest absolute Gasteiger partial charge is 0.295 e. The number of carbonyl (C=O) groups excluding carboxylic acids is 1. The molecule has 1 aliphatic heterocycles. The Morgan fingerprint density at radius 3 is 2.48 bits per heavy atom. The number of aromatic amines is 1. The molecule has 31 heavy (non-hydrogen) atoms. The summed E-state index contributed by atoms with van der Waals surface area (Å²) in [7, 11) is 0. The van der Waals surface area contributed by atoms with Crippen molar-refractivity contribution in [3.05, 3.63) is 54.1 Å². The van der Waals surface area contributed by atoms with E-state index < -0.39 is 5.54 Å². The maximum absolute atomic E-state index is 13.2. The molecule has 1 amide bonds. The maximum atomic E-state index is 13.2. The molecule has 0 atom stereocenters. The summed E-state index contributed by atoms with van der Waals surface area (Å²) in [6.45, 7) is 2.86. The Labute approximate surface area is 180 Å². The average molecular weight is 416 g/mol. The number of ether oxygens (including phenoxy) is 1. The fraction of sp³-hybridized carbons (Fsp3) is 0.348.